The van der Waals surface area contributed by atoms with Crippen molar-refractivity contribution in [2.24, 2.45) is 14.1 Å². The van der Waals surface area contributed by atoms with E-state index in [-0.39, 0.29) is 6.54 Å². The predicted molar refractivity (Wildman–Crippen MR) is 136 cm³/mol. The van der Waals surface area contributed by atoms with Crippen molar-refractivity contribution in [2.45, 2.75) is 30.9 Å². The topological polar surface area (TPSA) is 106 Å². The minimum Gasteiger partial charge on any atom is -0.390 e. The smallest absolute Gasteiger partial charge is 0.332 e. The Morgan fingerprint density at radius 1 is 1.03 bits per heavy atom. The zero-order chi connectivity index (χ0) is 25.1. The molecule has 1 saturated heterocycles. The maximum atomic E-state index is 12.8. The second kappa shape index (κ2) is 11.0. The molecule has 35 heavy (non-hydrogen) atoms. The second-order valence-electron chi connectivity index (χ2n) is 9.30. The summed E-state index contributed by atoms with van der Waals surface area (Å²) < 4.78 is 16.5. The molecule has 2 atom stereocenters. The fraction of sp³-hybridized carbons (Fsp3) is 0.542. The van der Waals surface area contributed by atoms with Gasteiger partial charge in [-0.2, -0.15) is 0 Å². The predicted octanol–water partition coefficient (Wildman–Crippen LogP) is -0.0815. The molecule has 1 aliphatic rings. The third kappa shape index (κ3) is 5.80. The van der Waals surface area contributed by atoms with Crippen LogP contribution >= 0.6 is 0 Å². The minimum atomic E-state index is -0.975. The lowest BCUT2D eigenvalue weighted by atomic mass is 10.2. The molecule has 1 aromatic carbocycles. The second-order valence-corrected chi connectivity index (χ2v) is 10.9. The van der Waals surface area contributed by atoms with Crippen molar-refractivity contribution < 1.29 is 9.32 Å². The number of hydrogen-bond donors (Lipinski definition) is 1. The molecular formula is C24H34N6O4S. The first-order chi connectivity index (χ1) is 16.7. The van der Waals surface area contributed by atoms with E-state index in [1.807, 2.05) is 31.2 Å². The Balaban J connectivity index is 1.24. The lowest BCUT2D eigenvalue weighted by Gasteiger charge is -2.35. The van der Waals surface area contributed by atoms with Crippen LogP contribution in [0.2, 0.25) is 0 Å². The number of rotatable bonds is 9. The molecule has 190 valence electrons. The normalized spacial score (nSPS) is 17.1. The van der Waals surface area contributed by atoms with Gasteiger partial charge >= 0.3 is 5.69 Å². The van der Waals surface area contributed by atoms with E-state index >= 15 is 0 Å². The highest BCUT2D eigenvalue weighted by atomic mass is 32.2. The molecule has 0 saturated carbocycles. The summed E-state index contributed by atoms with van der Waals surface area (Å²) in [5.74, 6) is 0.646. The Bertz CT molecular complexity index is 1300. The standard InChI is InChI=1S/C24H34N6O4S/c1-18-5-7-20(8-6-18)35(34)14-4-9-28-10-12-29(13-11-28)15-19(31)16-30-23(32)21-22(25-17-26(21)2)27(3)24(30)33/h5-8,17,19,31H,4,9-16H2,1-3H3. The zero-order valence-corrected chi connectivity index (χ0v) is 21.4. The van der Waals surface area contributed by atoms with E-state index in [1.165, 1.54) is 10.9 Å². The van der Waals surface area contributed by atoms with Crippen LogP contribution in [0.5, 0.6) is 0 Å². The molecule has 0 spiro atoms. The summed E-state index contributed by atoms with van der Waals surface area (Å²) >= 11 is 0. The Morgan fingerprint density at radius 2 is 1.69 bits per heavy atom. The van der Waals surface area contributed by atoms with Gasteiger partial charge in [-0.15, -0.1) is 0 Å². The van der Waals surface area contributed by atoms with E-state index in [1.54, 1.807) is 18.7 Å². The van der Waals surface area contributed by atoms with E-state index < -0.39 is 28.2 Å². The molecule has 0 amide bonds. The number of piperazine rings is 1. The Morgan fingerprint density at radius 3 is 2.37 bits per heavy atom. The highest BCUT2D eigenvalue weighted by Gasteiger charge is 2.22. The molecule has 1 fully saturated rings. The molecular weight excluding hydrogens is 468 g/mol. The van der Waals surface area contributed by atoms with E-state index in [0.29, 0.717) is 23.5 Å². The van der Waals surface area contributed by atoms with Gasteiger partial charge in [-0.05, 0) is 32.0 Å². The first-order valence-corrected chi connectivity index (χ1v) is 13.2. The molecule has 3 heterocycles. The highest BCUT2D eigenvalue weighted by molar-refractivity contribution is 7.85. The summed E-state index contributed by atoms with van der Waals surface area (Å²) in [6, 6.07) is 7.86. The summed E-state index contributed by atoms with van der Waals surface area (Å²) in [5.41, 5.74) is 0.934. The van der Waals surface area contributed by atoms with E-state index in [0.717, 1.165) is 54.2 Å². The number of β-amino-alcohol motifs (C(OH)–C–C–N with tert-alkyl or cyclic N) is 1. The van der Waals surface area contributed by atoms with Gasteiger partial charge in [0.05, 0.1) is 29.8 Å². The lowest BCUT2D eigenvalue weighted by Crippen LogP contribution is -2.50. The van der Waals surface area contributed by atoms with Crippen LogP contribution < -0.4 is 11.2 Å². The number of aliphatic hydroxyl groups is 1. The van der Waals surface area contributed by atoms with Gasteiger partial charge in [0, 0.05) is 57.5 Å². The Hall–Kier alpha value is -2.60. The van der Waals surface area contributed by atoms with Crippen molar-refractivity contribution in [3.8, 4) is 0 Å². The van der Waals surface area contributed by atoms with Crippen LogP contribution in [0.4, 0.5) is 0 Å². The van der Waals surface area contributed by atoms with Gasteiger partial charge in [0.2, 0.25) is 0 Å². The number of aliphatic hydroxyl groups excluding tert-OH is 1. The van der Waals surface area contributed by atoms with Crippen LogP contribution in [0.1, 0.15) is 12.0 Å². The van der Waals surface area contributed by atoms with Crippen molar-refractivity contribution in [1.82, 2.24) is 28.5 Å². The fourth-order valence-electron chi connectivity index (χ4n) is 4.55. The van der Waals surface area contributed by atoms with Crippen LogP contribution in [0.3, 0.4) is 0 Å². The summed E-state index contributed by atoms with van der Waals surface area (Å²) in [5, 5.41) is 10.7. The fourth-order valence-corrected chi connectivity index (χ4v) is 5.61. The number of aromatic nitrogens is 4. The number of hydrogen-bond acceptors (Lipinski definition) is 7. The largest absolute Gasteiger partial charge is 0.390 e. The van der Waals surface area contributed by atoms with E-state index in [9.17, 15) is 18.9 Å². The molecule has 2 unspecified atom stereocenters. The third-order valence-electron chi connectivity index (χ3n) is 6.62. The highest BCUT2D eigenvalue weighted by Crippen LogP contribution is 2.11. The average Bonchev–Trinajstić information content (AvgIpc) is 3.23. The number of aryl methyl sites for hydroxylation is 3. The van der Waals surface area contributed by atoms with Crippen molar-refractivity contribution in [1.29, 1.82) is 0 Å². The van der Waals surface area contributed by atoms with Gasteiger partial charge in [-0.1, -0.05) is 17.7 Å². The van der Waals surface area contributed by atoms with Crippen LogP contribution in [-0.2, 0) is 31.4 Å². The van der Waals surface area contributed by atoms with E-state index in [4.69, 9.17) is 0 Å². The van der Waals surface area contributed by atoms with Gasteiger partial charge in [-0.3, -0.25) is 23.0 Å². The van der Waals surface area contributed by atoms with Crippen molar-refractivity contribution >= 4 is 22.0 Å². The molecule has 3 aromatic rings. The molecule has 1 aliphatic heterocycles. The SMILES string of the molecule is Cc1ccc(S(=O)CCCN2CCN(CC(O)Cn3c(=O)c4c(ncn4C)n(C)c3=O)CC2)cc1. The number of nitrogens with zero attached hydrogens (tertiary/aromatic N) is 6. The lowest BCUT2D eigenvalue weighted by molar-refractivity contribution is 0.0632. The van der Waals surface area contributed by atoms with Crippen LogP contribution in [0, 0.1) is 6.92 Å². The third-order valence-corrected chi connectivity index (χ3v) is 8.07. The van der Waals surface area contributed by atoms with Crippen LogP contribution in [0.15, 0.2) is 45.1 Å². The monoisotopic (exact) mass is 502 g/mol. The zero-order valence-electron chi connectivity index (χ0n) is 20.6. The van der Waals surface area contributed by atoms with Gasteiger partial charge < -0.3 is 14.6 Å². The molecule has 0 aliphatic carbocycles. The first-order valence-electron chi connectivity index (χ1n) is 11.9. The first kappa shape index (κ1) is 25.5. The molecule has 0 radical (unpaired) electrons. The van der Waals surface area contributed by atoms with Gasteiger partial charge in [0.1, 0.15) is 0 Å². The summed E-state index contributed by atoms with van der Waals surface area (Å²) in [4.78, 5) is 35.0. The van der Waals surface area contributed by atoms with Gasteiger partial charge in [0.25, 0.3) is 5.56 Å². The molecule has 0 bridgehead atoms. The molecule has 11 heteroatoms. The van der Waals surface area contributed by atoms with Gasteiger partial charge in [-0.25, -0.2) is 9.78 Å². The number of fused-ring (bicyclic) bond motifs is 1. The Kier molecular flexibility index (Phi) is 8.00. The summed E-state index contributed by atoms with van der Waals surface area (Å²) in [6.07, 6.45) is 1.53. The van der Waals surface area contributed by atoms with Gasteiger partial charge in [0.15, 0.2) is 11.2 Å². The number of benzene rings is 1. The van der Waals surface area contributed by atoms with Crippen molar-refractivity contribution in [2.75, 3.05) is 45.0 Å². The van der Waals surface area contributed by atoms with Crippen LogP contribution in [0.25, 0.3) is 11.2 Å². The Labute approximate surface area is 206 Å². The van der Waals surface area contributed by atoms with Crippen molar-refractivity contribution in [3.05, 3.63) is 57.0 Å². The molecule has 1 N–H and O–H groups in total. The maximum Gasteiger partial charge on any atom is 0.332 e. The molecule has 10 nitrogen and oxygen atoms in total. The summed E-state index contributed by atoms with van der Waals surface area (Å²) in [6.45, 7) is 6.58. The van der Waals surface area contributed by atoms with Crippen molar-refractivity contribution in [3.63, 3.8) is 0 Å². The van der Waals surface area contributed by atoms with E-state index in [2.05, 4.69) is 14.8 Å². The van der Waals surface area contributed by atoms with Crippen LogP contribution in [-0.4, -0.2) is 88.9 Å². The summed E-state index contributed by atoms with van der Waals surface area (Å²) in [7, 11) is 2.31. The average molecular weight is 503 g/mol. The number of imidazole rings is 1. The molecule has 4 rings (SSSR count). The molecule has 2 aromatic heterocycles. The maximum absolute atomic E-state index is 12.8. The minimum absolute atomic E-state index is 0.0579. The quantitative estimate of drug-likeness (QED) is 0.436.